The van der Waals surface area contributed by atoms with Gasteiger partial charge in [0.1, 0.15) is 23.1 Å². The summed E-state index contributed by atoms with van der Waals surface area (Å²) >= 11 is 4.77. The fraction of sp³-hybridized carbons (Fsp3) is 0.500. The third-order valence-corrected chi connectivity index (χ3v) is 10.5. The molecular formula is C28H35N7O4S3. The molecule has 0 saturated carbocycles. The summed E-state index contributed by atoms with van der Waals surface area (Å²) in [5, 5.41) is 26.0. The van der Waals surface area contributed by atoms with Crippen LogP contribution in [0, 0.1) is 0 Å². The Hall–Kier alpha value is -2.62. The number of aliphatic imine (C=N–C) groups is 1. The summed E-state index contributed by atoms with van der Waals surface area (Å²) in [5.74, 6) is 1.48. The molecule has 4 heterocycles. The predicted octanol–water partition coefficient (Wildman–Crippen LogP) is 4.32. The van der Waals surface area contributed by atoms with Crippen molar-refractivity contribution in [1.82, 2.24) is 19.9 Å². The van der Waals surface area contributed by atoms with E-state index in [0.29, 0.717) is 32.1 Å². The molecule has 2 aromatic carbocycles. The van der Waals surface area contributed by atoms with Gasteiger partial charge in [-0.05, 0) is 67.6 Å². The van der Waals surface area contributed by atoms with Gasteiger partial charge in [0, 0.05) is 11.0 Å². The minimum Gasteiger partial charge on any atom is -0.494 e. The van der Waals surface area contributed by atoms with E-state index in [9.17, 15) is 9.90 Å². The van der Waals surface area contributed by atoms with E-state index in [1.165, 1.54) is 11.5 Å². The average Bonchev–Trinajstić information content (AvgIpc) is 3.59. The molecule has 224 valence electrons. The highest BCUT2D eigenvalue weighted by atomic mass is 32.2. The zero-order chi connectivity index (χ0) is 29.4. The number of anilines is 2. The number of methoxy groups -OCH3 is 1. The van der Waals surface area contributed by atoms with Crippen LogP contribution < -0.4 is 20.4 Å². The molecule has 4 unspecified atom stereocenters. The van der Waals surface area contributed by atoms with Crippen molar-refractivity contribution in [2.75, 3.05) is 49.3 Å². The molecule has 1 aromatic heterocycles. The fourth-order valence-electron chi connectivity index (χ4n) is 5.97. The number of amidine groups is 1. The molecule has 42 heavy (non-hydrogen) atoms. The number of carboxylic acid groups (broad SMARTS) is 1. The lowest BCUT2D eigenvalue weighted by Crippen LogP contribution is -2.63. The number of hydrazine groups is 1. The summed E-state index contributed by atoms with van der Waals surface area (Å²) < 4.78 is 16.5. The SMILES string of the molecule is COc1cc2nnsc2cc1NC1=NCNC2Sc3cc(N([C@@H](CCSC)C(=O)O)N4C(C)COCC4C)ccc3C12. The fourth-order valence-corrected chi connectivity index (χ4v) is 8.37. The lowest BCUT2D eigenvalue weighted by Gasteiger charge is -2.49. The van der Waals surface area contributed by atoms with Crippen LogP contribution in [0.15, 0.2) is 40.2 Å². The first kappa shape index (κ1) is 29.5. The van der Waals surface area contributed by atoms with E-state index in [-0.39, 0.29) is 23.4 Å². The van der Waals surface area contributed by atoms with E-state index in [1.807, 2.05) is 23.4 Å². The maximum Gasteiger partial charge on any atom is 0.327 e. The summed E-state index contributed by atoms with van der Waals surface area (Å²) in [4.78, 5) is 18.6. The predicted molar refractivity (Wildman–Crippen MR) is 170 cm³/mol. The maximum atomic E-state index is 12.7. The third-order valence-electron chi connectivity index (χ3n) is 7.87. The Balaban J connectivity index is 1.34. The number of aromatic nitrogens is 2. The Morgan fingerprint density at radius 3 is 2.86 bits per heavy atom. The number of ether oxygens (including phenoxy) is 2. The van der Waals surface area contributed by atoms with Gasteiger partial charge in [-0.1, -0.05) is 10.6 Å². The first-order valence-corrected chi connectivity index (χ1v) is 17.0. The summed E-state index contributed by atoms with van der Waals surface area (Å²) in [6.07, 6.45) is 2.55. The van der Waals surface area contributed by atoms with Gasteiger partial charge < -0.3 is 19.9 Å². The van der Waals surface area contributed by atoms with E-state index in [0.717, 1.165) is 43.6 Å². The number of rotatable bonds is 9. The number of carbonyl (C=O) groups is 1. The van der Waals surface area contributed by atoms with Gasteiger partial charge in [-0.25, -0.2) is 9.80 Å². The van der Waals surface area contributed by atoms with Gasteiger partial charge >= 0.3 is 5.97 Å². The zero-order valence-corrected chi connectivity index (χ0v) is 26.4. The molecule has 11 nitrogen and oxygen atoms in total. The van der Waals surface area contributed by atoms with Crippen LogP contribution in [-0.2, 0) is 9.53 Å². The second-order valence-electron chi connectivity index (χ2n) is 10.7. The molecule has 0 aliphatic carbocycles. The standard InChI is InChI=1S/C28H35N7O4S3/c1-15-12-39-13-16(2)34(15)35(21(28(36)37)7-8-40-4)17-5-6-18-23(9-17)41-27-25(18)26(29-14-30-27)31-19-11-24-20(32-33-42-24)10-22(19)38-3/h5-6,9-11,15-16,21,25,27,30H,7-8,12-14H2,1-4H3,(H,29,31)(H,36,37)/t15?,16?,21-,25?,27?/m0/s1. The van der Waals surface area contributed by atoms with Gasteiger partial charge in [-0.3, -0.25) is 15.3 Å². The number of fused-ring (bicyclic) bond motifs is 4. The highest BCUT2D eigenvalue weighted by molar-refractivity contribution is 8.00. The van der Waals surface area contributed by atoms with Crippen LogP contribution in [0.2, 0.25) is 0 Å². The van der Waals surface area contributed by atoms with E-state index in [4.69, 9.17) is 14.5 Å². The minimum atomic E-state index is -0.820. The normalized spacial score (nSPS) is 24.5. The van der Waals surface area contributed by atoms with E-state index in [1.54, 1.807) is 30.6 Å². The van der Waals surface area contributed by atoms with Crippen molar-refractivity contribution in [1.29, 1.82) is 0 Å². The lowest BCUT2D eigenvalue weighted by atomic mass is 9.96. The van der Waals surface area contributed by atoms with Gasteiger partial charge in [0.25, 0.3) is 0 Å². The molecule has 1 fully saturated rings. The molecule has 5 atom stereocenters. The first-order chi connectivity index (χ1) is 20.4. The van der Waals surface area contributed by atoms with Crippen molar-refractivity contribution in [3.8, 4) is 5.75 Å². The summed E-state index contributed by atoms with van der Waals surface area (Å²) in [6, 6.07) is 9.64. The smallest absolute Gasteiger partial charge is 0.327 e. The van der Waals surface area contributed by atoms with E-state index in [2.05, 4.69) is 57.3 Å². The first-order valence-electron chi connectivity index (χ1n) is 13.9. The van der Waals surface area contributed by atoms with Crippen molar-refractivity contribution in [2.45, 2.75) is 54.6 Å². The molecule has 3 N–H and O–H groups in total. The third kappa shape index (κ3) is 5.55. The Morgan fingerprint density at radius 2 is 2.12 bits per heavy atom. The van der Waals surface area contributed by atoms with Crippen molar-refractivity contribution >= 4 is 68.5 Å². The Labute approximate surface area is 257 Å². The van der Waals surface area contributed by atoms with Crippen LogP contribution >= 0.6 is 35.1 Å². The number of hydrogen-bond acceptors (Lipinski definition) is 13. The summed E-state index contributed by atoms with van der Waals surface area (Å²) in [7, 11) is 1.65. The largest absolute Gasteiger partial charge is 0.494 e. The number of carboxylic acids is 1. The number of benzene rings is 2. The van der Waals surface area contributed by atoms with Crippen LogP contribution in [0.25, 0.3) is 10.2 Å². The topological polar surface area (TPSA) is 124 Å². The van der Waals surface area contributed by atoms with E-state index >= 15 is 0 Å². The molecule has 0 bridgehead atoms. The Morgan fingerprint density at radius 1 is 1.31 bits per heavy atom. The van der Waals surface area contributed by atoms with Crippen molar-refractivity contribution in [3.05, 3.63) is 35.9 Å². The molecule has 6 rings (SSSR count). The molecule has 3 aromatic rings. The van der Waals surface area contributed by atoms with Crippen LogP contribution in [-0.4, -0.2) is 94.0 Å². The molecule has 0 amide bonds. The maximum absolute atomic E-state index is 12.7. The molecule has 0 radical (unpaired) electrons. The minimum absolute atomic E-state index is 0.00534. The molecule has 14 heteroatoms. The summed E-state index contributed by atoms with van der Waals surface area (Å²) in [6.45, 7) is 5.80. The Bertz CT molecular complexity index is 1480. The van der Waals surface area contributed by atoms with Gasteiger partial charge in [0.15, 0.2) is 0 Å². The number of morpholine rings is 1. The average molecular weight is 630 g/mol. The van der Waals surface area contributed by atoms with Gasteiger partial charge in [0.2, 0.25) is 0 Å². The number of thioether (sulfide) groups is 2. The number of nitrogens with zero attached hydrogens (tertiary/aromatic N) is 5. The molecule has 3 aliphatic rings. The number of aliphatic carboxylic acids is 1. The van der Waals surface area contributed by atoms with Crippen LogP contribution in [0.3, 0.4) is 0 Å². The molecule has 0 spiro atoms. The zero-order valence-electron chi connectivity index (χ0n) is 23.9. The second kappa shape index (κ2) is 12.5. The highest BCUT2D eigenvalue weighted by Crippen LogP contribution is 2.48. The van der Waals surface area contributed by atoms with Gasteiger partial charge in [-0.2, -0.15) is 11.8 Å². The quantitative estimate of drug-likeness (QED) is 0.312. The van der Waals surface area contributed by atoms with Crippen LogP contribution in [0.5, 0.6) is 5.75 Å². The molecule has 3 aliphatic heterocycles. The van der Waals surface area contributed by atoms with Gasteiger partial charge in [-0.15, -0.1) is 16.9 Å². The van der Waals surface area contributed by atoms with Crippen LogP contribution in [0.4, 0.5) is 11.4 Å². The van der Waals surface area contributed by atoms with Crippen molar-refractivity contribution < 1.29 is 19.4 Å². The number of nitrogens with one attached hydrogen (secondary N) is 2. The summed E-state index contributed by atoms with van der Waals surface area (Å²) in [5.41, 5.74) is 3.66. The van der Waals surface area contributed by atoms with Crippen molar-refractivity contribution in [2.24, 2.45) is 4.99 Å². The Kier molecular flexibility index (Phi) is 8.80. The second-order valence-corrected chi connectivity index (χ2v) is 13.6. The highest BCUT2D eigenvalue weighted by Gasteiger charge is 2.42. The lowest BCUT2D eigenvalue weighted by molar-refractivity contribution is -0.141. The molecule has 1 saturated heterocycles. The van der Waals surface area contributed by atoms with E-state index < -0.39 is 12.0 Å². The number of hydrogen-bond donors (Lipinski definition) is 3. The van der Waals surface area contributed by atoms with Gasteiger partial charge in [0.05, 0.1) is 66.4 Å². The monoisotopic (exact) mass is 629 g/mol. The molecular weight excluding hydrogens is 595 g/mol. The van der Waals surface area contributed by atoms with Crippen molar-refractivity contribution in [3.63, 3.8) is 0 Å². The van der Waals surface area contributed by atoms with Crippen LogP contribution in [0.1, 0.15) is 31.7 Å².